The zero-order chi connectivity index (χ0) is 11.7. The summed E-state index contributed by atoms with van der Waals surface area (Å²) in [7, 11) is 0. The van der Waals surface area contributed by atoms with Gasteiger partial charge < -0.3 is 10.4 Å². The van der Waals surface area contributed by atoms with Crippen LogP contribution in [0.4, 0.5) is 5.69 Å². The van der Waals surface area contributed by atoms with Crippen LogP contribution in [0.1, 0.15) is 29.9 Å². The van der Waals surface area contributed by atoms with Crippen molar-refractivity contribution >= 4 is 17.6 Å². The Morgan fingerprint density at radius 1 is 1.50 bits per heavy atom. The van der Waals surface area contributed by atoms with E-state index in [9.17, 15) is 9.59 Å². The first-order valence-electron chi connectivity index (χ1n) is 5.21. The number of hydrogen-bond acceptors (Lipinski definition) is 2. The highest BCUT2D eigenvalue weighted by atomic mass is 16.4. The normalized spacial score (nSPS) is 19.6. The molecule has 0 aromatic heterocycles. The first kappa shape index (κ1) is 10.7. The topological polar surface area (TPSA) is 66.4 Å². The molecule has 1 aliphatic heterocycles. The zero-order valence-corrected chi connectivity index (χ0v) is 8.99. The van der Waals surface area contributed by atoms with Crippen LogP contribution in [0.2, 0.25) is 0 Å². The molecule has 1 aliphatic rings. The Bertz CT molecular complexity index is 454. The number of carboxylic acids is 1. The zero-order valence-electron chi connectivity index (χ0n) is 8.99. The SMILES string of the molecule is Cc1ccc2c(c1)C(C(=O)O)CCC(=O)N2. The minimum Gasteiger partial charge on any atom is -0.481 e. The van der Waals surface area contributed by atoms with Gasteiger partial charge in [0.25, 0.3) is 0 Å². The Hall–Kier alpha value is -1.84. The van der Waals surface area contributed by atoms with Crippen LogP contribution >= 0.6 is 0 Å². The summed E-state index contributed by atoms with van der Waals surface area (Å²) in [6, 6.07) is 5.47. The van der Waals surface area contributed by atoms with Crippen LogP contribution in [0.3, 0.4) is 0 Å². The summed E-state index contributed by atoms with van der Waals surface area (Å²) in [4.78, 5) is 22.5. The summed E-state index contributed by atoms with van der Waals surface area (Å²) >= 11 is 0. The number of amides is 1. The molecule has 1 aromatic rings. The molecule has 0 saturated carbocycles. The van der Waals surface area contributed by atoms with Crippen molar-refractivity contribution < 1.29 is 14.7 Å². The van der Waals surface area contributed by atoms with Gasteiger partial charge in [0.05, 0.1) is 5.92 Å². The maximum atomic E-state index is 11.4. The van der Waals surface area contributed by atoms with Crippen molar-refractivity contribution in [2.24, 2.45) is 0 Å². The van der Waals surface area contributed by atoms with Crippen molar-refractivity contribution in [1.82, 2.24) is 0 Å². The van der Waals surface area contributed by atoms with Gasteiger partial charge in [-0.05, 0) is 25.0 Å². The summed E-state index contributed by atoms with van der Waals surface area (Å²) in [5.74, 6) is -1.58. The number of rotatable bonds is 1. The molecule has 4 heteroatoms. The van der Waals surface area contributed by atoms with E-state index in [1.165, 1.54) is 0 Å². The Morgan fingerprint density at radius 3 is 2.94 bits per heavy atom. The first-order chi connectivity index (χ1) is 7.58. The Kier molecular flexibility index (Phi) is 2.64. The van der Waals surface area contributed by atoms with Crippen molar-refractivity contribution in [2.75, 3.05) is 5.32 Å². The Balaban J connectivity index is 2.51. The van der Waals surface area contributed by atoms with E-state index in [1.807, 2.05) is 19.1 Å². The lowest BCUT2D eigenvalue weighted by Gasteiger charge is -2.13. The lowest BCUT2D eigenvalue weighted by atomic mass is 9.93. The fraction of sp³-hybridized carbons (Fsp3) is 0.333. The van der Waals surface area contributed by atoms with Crippen molar-refractivity contribution in [3.63, 3.8) is 0 Å². The Morgan fingerprint density at radius 2 is 2.25 bits per heavy atom. The van der Waals surface area contributed by atoms with Crippen LogP contribution in [0.15, 0.2) is 18.2 Å². The van der Waals surface area contributed by atoms with E-state index in [0.29, 0.717) is 17.7 Å². The average molecular weight is 219 g/mol. The van der Waals surface area contributed by atoms with E-state index in [0.717, 1.165) is 5.56 Å². The number of aliphatic carboxylic acids is 1. The number of carbonyl (C=O) groups excluding carboxylic acids is 1. The van der Waals surface area contributed by atoms with Crippen LogP contribution in [-0.4, -0.2) is 17.0 Å². The van der Waals surface area contributed by atoms with Crippen molar-refractivity contribution in [3.05, 3.63) is 29.3 Å². The molecular weight excluding hydrogens is 206 g/mol. The highest BCUT2D eigenvalue weighted by molar-refractivity contribution is 5.95. The lowest BCUT2D eigenvalue weighted by Crippen LogP contribution is -2.11. The highest BCUT2D eigenvalue weighted by Crippen LogP contribution is 2.32. The first-order valence-corrected chi connectivity index (χ1v) is 5.21. The maximum Gasteiger partial charge on any atom is 0.311 e. The van der Waals surface area contributed by atoms with Crippen LogP contribution in [0.25, 0.3) is 0 Å². The Labute approximate surface area is 93.3 Å². The number of carbonyl (C=O) groups is 2. The molecule has 0 bridgehead atoms. The summed E-state index contributed by atoms with van der Waals surface area (Å²) < 4.78 is 0. The number of benzene rings is 1. The fourth-order valence-corrected chi connectivity index (χ4v) is 1.98. The second-order valence-electron chi connectivity index (χ2n) is 4.07. The number of anilines is 1. The van der Waals surface area contributed by atoms with Crippen LogP contribution < -0.4 is 5.32 Å². The fourth-order valence-electron chi connectivity index (χ4n) is 1.98. The summed E-state index contributed by atoms with van der Waals surface area (Å²) in [6.07, 6.45) is 0.613. The van der Waals surface area contributed by atoms with Crippen LogP contribution in [0.5, 0.6) is 0 Å². The molecule has 0 radical (unpaired) electrons. The molecule has 1 heterocycles. The summed E-state index contributed by atoms with van der Waals surface area (Å²) in [5.41, 5.74) is 2.33. The van der Waals surface area contributed by atoms with Gasteiger partial charge in [0, 0.05) is 12.1 Å². The van der Waals surface area contributed by atoms with Gasteiger partial charge in [0.2, 0.25) is 5.91 Å². The molecule has 0 spiro atoms. The van der Waals surface area contributed by atoms with Crippen molar-refractivity contribution in [1.29, 1.82) is 0 Å². The molecule has 1 atom stereocenters. The third kappa shape index (κ3) is 1.91. The number of aryl methyl sites for hydroxylation is 1. The third-order valence-corrected chi connectivity index (χ3v) is 2.81. The predicted molar refractivity (Wildman–Crippen MR) is 59.4 cm³/mol. The van der Waals surface area contributed by atoms with E-state index in [1.54, 1.807) is 6.07 Å². The van der Waals surface area contributed by atoms with Crippen molar-refractivity contribution in [3.8, 4) is 0 Å². The number of carboxylic acid groups (broad SMARTS) is 1. The maximum absolute atomic E-state index is 11.4. The van der Waals surface area contributed by atoms with Gasteiger partial charge in [-0.15, -0.1) is 0 Å². The van der Waals surface area contributed by atoms with Gasteiger partial charge in [0.15, 0.2) is 0 Å². The smallest absolute Gasteiger partial charge is 0.311 e. The van der Waals surface area contributed by atoms with Gasteiger partial charge >= 0.3 is 5.97 Å². The molecule has 16 heavy (non-hydrogen) atoms. The highest BCUT2D eigenvalue weighted by Gasteiger charge is 2.27. The number of fused-ring (bicyclic) bond motifs is 1. The van der Waals surface area contributed by atoms with E-state index < -0.39 is 11.9 Å². The standard InChI is InChI=1S/C12H13NO3/c1-7-2-4-10-9(6-7)8(12(15)16)3-5-11(14)13-10/h2,4,6,8H,3,5H2,1H3,(H,13,14)(H,15,16). The van der Waals surface area contributed by atoms with E-state index in [-0.39, 0.29) is 12.3 Å². The predicted octanol–water partition coefficient (Wildman–Crippen LogP) is 1.90. The molecule has 1 aromatic carbocycles. The van der Waals surface area contributed by atoms with Crippen LogP contribution in [0, 0.1) is 6.92 Å². The largest absolute Gasteiger partial charge is 0.481 e. The van der Waals surface area contributed by atoms with Gasteiger partial charge in [-0.25, -0.2) is 0 Å². The molecule has 1 unspecified atom stereocenters. The number of nitrogens with one attached hydrogen (secondary N) is 1. The lowest BCUT2D eigenvalue weighted by molar-refractivity contribution is -0.138. The third-order valence-electron chi connectivity index (χ3n) is 2.81. The molecule has 2 N–H and O–H groups in total. The molecule has 1 amide bonds. The molecule has 0 aliphatic carbocycles. The molecule has 84 valence electrons. The second kappa shape index (κ2) is 3.96. The minimum absolute atomic E-state index is 0.117. The quantitative estimate of drug-likeness (QED) is 0.758. The van der Waals surface area contributed by atoms with E-state index >= 15 is 0 Å². The minimum atomic E-state index is -0.872. The molecule has 0 saturated heterocycles. The van der Waals surface area contributed by atoms with E-state index in [2.05, 4.69) is 5.32 Å². The van der Waals surface area contributed by atoms with E-state index in [4.69, 9.17) is 5.11 Å². The monoisotopic (exact) mass is 219 g/mol. The van der Waals surface area contributed by atoms with Gasteiger partial charge in [0.1, 0.15) is 0 Å². The van der Waals surface area contributed by atoms with Crippen molar-refractivity contribution in [2.45, 2.75) is 25.7 Å². The molecule has 4 nitrogen and oxygen atoms in total. The average Bonchev–Trinajstić information content (AvgIpc) is 2.36. The summed E-state index contributed by atoms with van der Waals surface area (Å²) in [6.45, 7) is 1.91. The van der Waals surface area contributed by atoms with Gasteiger partial charge in [-0.3, -0.25) is 9.59 Å². The molecule has 2 rings (SSSR count). The van der Waals surface area contributed by atoms with Gasteiger partial charge in [-0.1, -0.05) is 17.7 Å². The second-order valence-corrected chi connectivity index (χ2v) is 4.07. The van der Waals surface area contributed by atoms with Gasteiger partial charge in [-0.2, -0.15) is 0 Å². The number of hydrogen-bond donors (Lipinski definition) is 2. The summed E-state index contributed by atoms with van der Waals surface area (Å²) in [5, 5.41) is 11.9. The van der Waals surface area contributed by atoms with Crippen LogP contribution in [-0.2, 0) is 9.59 Å². The molecule has 0 fully saturated rings. The molecular formula is C12H13NO3.